The van der Waals surface area contributed by atoms with Crippen LogP contribution >= 0.6 is 24.8 Å². The third kappa shape index (κ3) is 7.73. The Morgan fingerprint density at radius 1 is 1.06 bits per heavy atom. The van der Waals surface area contributed by atoms with Gasteiger partial charge >= 0.3 is 6.18 Å². The summed E-state index contributed by atoms with van der Waals surface area (Å²) in [4.78, 5) is 16.8. The first-order chi connectivity index (χ1) is 15.2. The molecule has 0 fully saturated rings. The van der Waals surface area contributed by atoms with Crippen molar-refractivity contribution in [2.24, 2.45) is 0 Å². The number of carbonyl (C=O) groups excluding carboxylic acids is 1. The molecule has 0 aliphatic carbocycles. The number of nitrogens with one attached hydrogen (secondary N) is 1. The van der Waals surface area contributed by atoms with Gasteiger partial charge in [0.15, 0.2) is 0 Å². The lowest BCUT2D eigenvalue weighted by molar-refractivity contribution is -0.139. The first-order valence-corrected chi connectivity index (χ1v) is 10.8. The van der Waals surface area contributed by atoms with E-state index in [-0.39, 0.29) is 42.8 Å². The van der Waals surface area contributed by atoms with E-state index in [1.807, 2.05) is 37.2 Å². The number of amides is 1. The van der Waals surface area contributed by atoms with Gasteiger partial charge in [-0.2, -0.15) is 13.2 Å². The van der Waals surface area contributed by atoms with Crippen molar-refractivity contribution in [2.75, 3.05) is 33.7 Å². The van der Waals surface area contributed by atoms with Crippen LogP contribution in [0.4, 0.5) is 13.2 Å². The summed E-state index contributed by atoms with van der Waals surface area (Å²) in [6.45, 7) is 4.21. The molecule has 0 aromatic heterocycles. The quantitative estimate of drug-likeness (QED) is 0.513. The summed E-state index contributed by atoms with van der Waals surface area (Å²) in [6.07, 6.45) is -1.72. The summed E-state index contributed by atoms with van der Waals surface area (Å²) in [5.74, 6) is -0.254. The van der Waals surface area contributed by atoms with Crippen LogP contribution in [0.5, 0.6) is 0 Å². The molecule has 1 N–H and O–H groups in total. The van der Waals surface area contributed by atoms with Crippen LogP contribution in [0.3, 0.4) is 0 Å². The number of hydrogen-bond donors (Lipinski definition) is 1. The first-order valence-electron chi connectivity index (χ1n) is 10.8. The smallest absolute Gasteiger partial charge is 0.333 e. The molecule has 0 saturated carbocycles. The van der Waals surface area contributed by atoms with E-state index in [1.165, 1.54) is 28.2 Å². The monoisotopic (exact) mass is 517 g/mol. The summed E-state index contributed by atoms with van der Waals surface area (Å²) in [5.41, 5.74) is 3.35. The molecule has 3 rings (SSSR count). The molecule has 1 aliphatic rings. The number of alkyl halides is 3. The van der Waals surface area contributed by atoms with E-state index in [0.717, 1.165) is 31.1 Å². The second-order valence-corrected chi connectivity index (χ2v) is 8.42. The Morgan fingerprint density at radius 3 is 2.44 bits per heavy atom. The maximum atomic E-state index is 13.5. The van der Waals surface area contributed by atoms with Crippen molar-refractivity contribution < 1.29 is 18.0 Å². The zero-order chi connectivity index (χ0) is 23.3. The minimum atomic E-state index is -4.46. The van der Waals surface area contributed by atoms with E-state index in [4.69, 9.17) is 0 Å². The molecule has 0 bridgehead atoms. The molecule has 2 aromatic rings. The molecule has 0 saturated heterocycles. The summed E-state index contributed by atoms with van der Waals surface area (Å²) in [5, 5.41) is 3.34. The van der Waals surface area contributed by atoms with Crippen LogP contribution in [-0.2, 0) is 30.5 Å². The third-order valence-corrected chi connectivity index (χ3v) is 5.67. The number of nitrogens with zero attached hydrogens (tertiary/aromatic N) is 2. The van der Waals surface area contributed by atoms with E-state index in [1.54, 1.807) is 13.0 Å². The third-order valence-electron chi connectivity index (χ3n) is 5.67. The minimum absolute atomic E-state index is 0. The number of halogens is 5. The van der Waals surface area contributed by atoms with Gasteiger partial charge in [-0.05, 0) is 68.4 Å². The number of benzene rings is 2. The highest BCUT2D eigenvalue weighted by atomic mass is 35.5. The summed E-state index contributed by atoms with van der Waals surface area (Å²) >= 11 is 0. The van der Waals surface area contributed by atoms with Gasteiger partial charge in [-0.15, -0.1) is 24.8 Å². The molecule has 34 heavy (non-hydrogen) atoms. The fraction of sp³-hybridized carbons (Fsp3) is 0.400. The maximum Gasteiger partial charge on any atom is 0.416 e. The Bertz CT molecular complexity index is 994. The lowest BCUT2D eigenvalue weighted by Gasteiger charge is -2.26. The summed E-state index contributed by atoms with van der Waals surface area (Å²) in [6, 6.07) is 11.5. The number of rotatable bonds is 7. The van der Waals surface area contributed by atoms with Crippen molar-refractivity contribution in [3.05, 3.63) is 75.9 Å². The van der Waals surface area contributed by atoms with Crippen LogP contribution in [0.15, 0.2) is 48.0 Å². The average Bonchev–Trinajstić information content (AvgIpc) is 2.76. The number of fused-ring (bicyclic) bond motifs is 1. The predicted molar refractivity (Wildman–Crippen MR) is 135 cm³/mol. The van der Waals surface area contributed by atoms with Crippen LogP contribution in [0.1, 0.15) is 34.7 Å². The standard InChI is InChI=1S/C25H30F3N3O.2ClH/c1-18(15-19-8-6-9-20-16-29-12-11-22(19)20)24(32)31(14-13-30(2)3)17-21-7-4-5-10-23(21)25(26,27)28;;/h4-10,15,29H,11-14,16-17H2,1-3H3;2*1H/b18-15+;;. The second kappa shape index (κ2) is 13.1. The summed E-state index contributed by atoms with van der Waals surface area (Å²) in [7, 11) is 3.75. The van der Waals surface area contributed by atoms with Gasteiger partial charge in [0, 0.05) is 31.8 Å². The van der Waals surface area contributed by atoms with Gasteiger partial charge in [0.1, 0.15) is 0 Å². The molecule has 1 amide bonds. The van der Waals surface area contributed by atoms with Crippen LogP contribution in [0.2, 0.25) is 0 Å². The molecule has 0 unspecified atom stereocenters. The molecule has 188 valence electrons. The molecule has 1 aliphatic heterocycles. The van der Waals surface area contributed by atoms with Crippen molar-refractivity contribution in [2.45, 2.75) is 32.6 Å². The van der Waals surface area contributed by atoms with Gasteiger partial charge in [-0.25, -0.2) is 0 Å². The topological polar surface area (TPSA) is 35.6 Å². The van der Waals surface area contributed by atoms with Crippen LogP contribution < -0.4 is 5.32 Å². The second-order valence-electron chi connectivity index (χ2n) is 8.42. The van der Waals surface area contributed by atoms with Crippen molar-refractivity contribution in [3.8, 4) is 0 Å². The molecular formula is C25H32Cl2F3N3O. The van der Waals surface area contributed by atoms with Gasteiger partial charge in [0.25, 0.3) is 0 Å². The van der Waals surface area contributed by atoms with Crippen LogP contribution in [0.25, 0.3) is 6.08 Å². The normalized spacial score (nSPS) is 13.6. The number of likely N-dealkylation sites (N-methyl/N-ethyl adjacent to an activating group) is 1. The Kier molecular flexibility index (Phi) is 11.6. The highest BCUT2D eigenvalue weighted by Crippen LogP contribution is 2.32. The highest BCUT2D eigenvalue weighted by molar-refractivity contribution is 5.97. The van der Waals surface area contributed by atoms with Crippen LogP contribution in [-0.4, -0.2) is 49.4 Å². The zero-order valence-corrected chi connectivity index (χ0v) is 21.2. The van der Waals surface area contributed by atoms with Crippen molar-refractivity contribution in [1.82, 2.24) is 15.1 Å². The van der Waals surface area contributed by atoms with Gasteiger partial charge < -0.3 is 15.1 Å². The van der Waals surface area contributed by atoms with Gasteiger partial charge in [-0.3, -0.25) is 4.79 Å². The van der Waals surface area contributed by atoms with E-state index in [0.29, 0.717) is 18.7 Å². The largest absolute Gasteiger partial charge is 0.416 e. The maximum absolute atomic E-state index is 13.5. The van der Waals surface area contributed by atoms with Gasteiger partial charge in [0.05, 0.1) is 5.56 Å². The molecule has 0 radical (unpaired) electrons. The fourth-order valence-electron chi connectivity index (χ4n) is 3.95. The molecular weight excluding hydrogens is 486 g/mol. The Labute approximate surface area is 212 Å². The number of hydrogen-bond acceptors (Lipinski definition) is 3. The average molecular weight is 518 g/mol. The van der Waals surface area contributed by atoms with E-state index in [2.05, 4.69) is 11.4 Å². The van der Waals surface area contributed by atoms with E-state index in [9.17, 15) is 18.0 Å². The highest BCUT2D eigenvalue weighted by Gasteiger charge is 2.33. The molecule has 0 spiro atoms. The van der Waals surface area contributed by atoms with Gasteiger partial charge in [-0.1, -0.05) is 36.4 Å². The Balaban J connectivity index is 0.00000289. The zero-order valence-electron chi connectivity index (χ0n) is 19.6. The van der Waals surface area contributed by atoms with Crippen LogP contribution in [0, 0.1) is 0 Å². The predicted octanol–water partition coefficient (Wildman–Crippen LogP) is 5.19. The first kappa shape index (κ1) is 30.0. The lowest BCUT2D eigenvalue weighted by Crippen LogP contribution is -2.37. The summed E-state index contributed by atoms with van der Waals surface area (Å²) < 4.78 is 40.5. The van der Waals surface area contributed by atoms with E-state index >= 15 is 0 Å². The molecule has 2 aromatic carbocycles. The Morgan fingerprint density at radius 2 is 1.76 bits per heavy atom. The van der Waals surface area contributed by atoms with Gasteiger partial charge in [0.2, 0.25) is 5.91 Å². The SMILES string of the molecule is C/C(=C\c1cccc2c1CCNC2)C(=O)N(CCN(C)C)Cc1ccccc1C(F)(F)F.Cl.Cl. The van der Waals surface area contributed by atoms with Crippen molar-refractivity contribution >= 4 is 36.8 Å². The molecule has 1 heterocycles. The molecule has 0 atom stereocenters. The van der Waals surface area contributed by atoms with E-state index < -0.39 is 11.7 Å². The van der Waals surface area contributed by atoms with Crippen molar-refractivity contribution in [3.63, 3.8) is 0 Å². The lowest BCUT2D eigenvalue weighted by atomic mass is 9.94. The molecule has 9 heteroatoms. The van der Waals surface area contributed by atoms with Crippen molar-refractivity contribution in [1.29, 1.82) is 0 Å². The minimum Gasteiger partial charge on any atom is -0.333 e. The molecule has 4 nitrogen and oxygen atoms in total. The fourth-order valence-corrected chi connectivity index (χ4v) is 3.95. The number of carbonyl (C=O) groups is 1. The Hall–Kier alpha value is -2.06.